The second-order valence-corrected chi connectivity index (χ2v) is 9.72. The summed E-state index contributed by atoms with van der Waals surface area (Å²) in [5, 5.41) is 9.30. The summed E-state index contributed by atoms with van der Waals surface area (Å²) in [5.41, 5.74) is 0.421. The van der Waals surface area contributed by atoms with Crippen molar-refractivity contribution in [3.8, 4) is 11.5 Å². The molecule has 5 nitrogen and oxygen atoms in total. The highest BCUT2D eigenvalue weighted by molar-refractivity contribution is 6.32. The third-order valence-electron chi connectivity index (χ3n) is 6.23. The number of hydrogen-bond acceptors (Lipinski definition) is 4. The van der Waals surface area contributed by atoms with Crippen LogP contribution in [0.3, 0.4) is 0 Å². The maximum absolute atomic E-state index is 12.4. The van der Waals surface area contributed by atoms with Crippen molar-refractivity contribution in [3.63, 3.8) is 0 Å². The summed E-state index contributed by atoms with van der Waals surface area (Å²) in [6, 6.07) is 10.5. The molecule has 2 aromatic rings. The average molecular weight is 517 g/mol. The van der Waals surface area contributed by atoms with Crippen LogP contribution in [0, 0.1) is 0 Å². The minimum atomic E-state index is -1.04. The molecule has 36 heavy (non-hydrogen) atoms. The lowest BCUT2D eigenvalue weighted by molar-refractivity contribution is 0.0696. The van der Waals surface area contributed by atoms with Gasteiger partial charge in [-0.05, 0) is 48.9 Å². The molecule has 2 rings (SSSR count). The molecule has 1 N–H and O–H groups in total. The molecule has 198 valence electrons. The fourth-order valence-electron chi connectivity index (χ4n) is 4.06. The average Bonchev–Trinajstić information content (AvgIpc) is 2.87. The Morgan fingerprint density at radius 3 is 1.72 bits per heavy atom. The maximum Gasteiger partial charge on any atom is 0.343 e. The van der Waals surface area contributed by atoms with E-state index in [1.165, 1.54) is 107 Å². The zero-order valence-electron chi connectivity index (χ0n) is 21.6. The molecule has 2 aromatic carbocycles. The number of benzene rings is 2. The quantitative estimate of drug-likeness (QED) is 0.114. The van der Waals surface area contributed by atoms with Gasteiger partial charge in [-0.1, -0.05) is 102 Å². The van der Waals surface area contributed by atoms with Crippen molar-refractivity contribution in [2.75, 3.05) is 6.61 Å². The largest absolute Gasteiger partial charge is 0.492 e. The van der Waals surface area contributed by atoms with Crippen molar-refractivity contribution in [1.29, 1.82) is 0 Å². The number of carbonyl (C=O) groups excluding carboxylic acids is 1. The van der Waals surface area contributed by atoms with Gasteiger partial charge in [-0.3, -0.25) is 0 Å². The monoisotopic (exact) mass is 516 g/mol. The standard InChI is InChI=1S/C30H41ClO5/c1-2-3-4-5-6-7-8-9-10-11-12-13-14-15-22-35-28-21-18-25(23-27(28)31)30(34)36-26-19-16-24(17-20-26)29(32)33/h16-21,23H,2-15,22H2,1H3,(H,32,33). The van der Waals surface area contributed by atoms with E-state index in [1.807, 2.05) is 0 Å². The molecule has 0 aliphatic heterocycles. The SMILES string of the molecule is CCCCCCCCCCCCCCCCOc1ccc(C(=O)Oc2ccc(C(=O)O)cc2)cc1Cl. The number of hydrogen-bond donors (Lipinski definition) is 1. The summed E-state index contributed by atoms with van der Waals surface area (Å²) in [5.74, 6) is -0.796. The summed E-state index contributed by atoms with van der Waals surface area (Å²) in [6.07, 6.45) is 18.4. The fraction of sp³-hybridized carbons (Fsp3) is 0.533. The van der Waals surface area contributed by atoms with Crippen molar-refractivity contribution in [2.24, 2.45) is 0 Å². The van der Waals surface area contributed by atoms with Gasteiger partial charge in [0, 0.05) is 0 Å². The molecular weight excluding hydrogens is 476 g/mol. The Labute approximate surface area is 221 Å². The first-order chi connectivity index (χ1) is 17.5. The molecule has 0 aliphatic carbocycles. The first kappa shape index (κ1) is 29.7. The molecular formula is C30H41ClO5. The van der Waals surface area contributed by atoms with Gasteiger partial charge in [-0.15, -0.1) is 0 Å². The second-order valence-electron chi connectivity index (χ2n) is 9.31. The second kappa shape index (κ2) is 17.8. The van der Waals surface area contributed by atoms with E-state index in [0.29, 0.717) is 22.9 Å². The molecule has 0 saturated carbocycles. The van der Waals surface area contributed by atoms with Crippen LogP contribution in [-0.4, -0.2) is 23.7 Å². The van der Waals surface area contributed by atoms with Gasteiger partial charge in [0.2, 0.25) is 0 Å². The highest BCUT2D eigenvalue weighted by Crippen LogP contribution is 2.26. The van der Waals surface area contributed by atoms with Crippen LogP contribution in [0.2, 0.25) is 5.02 Å². The smallest absolute Gasteiger partial charge is 0.343 e. The van der Waals surface area contributed by atoms with E-state index in [0.717, 1.165) is 12.8 Å². The van der Waals surface area contributed by atoms with Crippen molar-refractivity contribution >= 4 is 23.5 Å². The Hall–Kier alpha value is -2.53. The van der Waals surface area contributed by atoms with Crippen LogP contribution in [0.4, 0.5) is 0 Å². The van der Waals surface area contributed by atoms with E-state index in [1.54, 1.807) is 12.1 Å². The zero-order valence-corrected chi connectivity index (χ0v) is 22.4. The number of halogens is 1. The zero-order chi connectivity index (χ0) is 26.0. The van der Waals surface area contributed by atoms with E-state index in [4.69, 9.17) is 26.2 Å². The van der Waals surface area contributed by atoms with Crippen molar-refractivity contribution in [2.45, 2.75) is 96.8 Å². The molecule has 0 saturated heterocycles. The molecule has 0 aromatic heterocycles. The number of rotatable bonds is 19. The molecule has 0 spiro atoms. The third kappa shape index (κ3) is 11.9. The van der Waals surface area contributed by atoms with Gasteiger partial charge < -0.3 is 14.6 Å². The number of carbonyl (C=O) groups is 2. The number of aromatic carboxylic acids is 1. The van der Waals surface area contributed by atoms with Crippen LogP contribution in [0.25, 0.3) is 0 Å². The van der Waals surface area contributed by atoms with E-state index < -0.39 is 11.9 Å². The highest BCUT2D eigenvalue weighted by Gasteiger charge is 2.12. The van der Waals surface area contributed by atoms with Crippen LogP contribution < -0.4 is 9.47 Å². The van der Waals surface area contributed by atoms with Gasteiger partial charge >= 0.3 is 11.9 Å². The van der Waals surface area contributed by atoms with Gasteiger partial charge in [-0.25, -0.2) is 9.59 Å². The molecule has 0 amide bonds. The molecule has 0 bridgehead atoms. The number of carboxylic acids is 1. The lowest BCUT2D eigenvalue weighted by Gasteiger charge is -2.10. The molecule has 0 heterocycles. The molecule has 0 radical (unpaired) electrons. The van der Waals surface area contributed by atoms with Crippen molar-refractivity contribution < 1.29 is 24.2 Å². The van der Waals surface area contributed by atoms with E-state index in [9.17, 15) is 9.59 Å². The predicted octanol–water partition coefficient (Wildman–Crippen LogP) is 9.12. The van der Waals surface area contributed by atoms with Crippen LogP contribution in [0.1, 0.15) is 118 Å². The minimum Gasteiger partial charge on any atom is -0.492 e. The van der Waals surface area contributed by atoms with Crippen molar-refractivity contribution in [3.05, 3.63) is 58.6 Å². The van der Waals surface area contributed by atoms with E-state index >= 15 is 0 Å². The molecule has 0 unspecified atom stereocenters. The summed E-state index contributed by atoms with van der Waals surface area (Å²) >= 11 is 6.30. The summed E-state index contributed by atoms with van der Waals surface area (Å²) in [7, 11) is 0. The first-order valence-corrected chi connectivity index (χ1v) is 13.9. The van der Waals surface area contributed by atoms with Crippen molar-refractivity contribution in [1.82, 2.24) is 0 Å². The maximum atomic E-state index is 12.4. The van der Waals surface area contributed by atoms with Gasteiger partial charge in [0.15, 0.2) is 0 Å². The van der Waals surface area contributed by atoms with E-state index in [2.05, 4.69) is 6.92 Å². The Kier molecular flexibility index (Phi) is 14.7. The van der Waals surface area contributed by atoms with Gasteiger partial charge in [0.1, 0.15) is 11.5 Å². The van der Waals surface area contributed by atoms with Crippen LogP contribution in [0.15, 0.2) is 42.5 Å². The molecule has 6 heteroatoms. The van der Waals surface area contributed by atoms with E-state index in [-0.39, 0.29) is 11.3 Å². The number of unbranched alkanes of at least 4 members (excludes halogenated alkanes) is 13. The normalized spacial score (nSPS) is 10.8. The fourth-order valence-corrected chi connectivity index (χ4v) is 4.29. The van der Waals surface area contributed by atoms with Crippen LogP contribution in [0.5, 0.6) is 11.5 Å². The Balaban J connectivity index is 1.55. The summed E-state index contributed by atoms with van der Waals surface area (Å²) < 4.78 is 11.1. The minimum absolute atomic E-state index is 0.123. The number of ether oxygens (including phenoxy) is 2. The lowest BCUT2D eigenvalue weighted by atomic mass is 10.0. The number of esters is 1. The predicted molar refractivity (Wildman–Crippen MR) is 146 cm³/mol. The molecule has 0 fully saturated rings. The molecule has 0 aliphatic rings. The Morgan fingerprint density at radius 1 is 0.722 bits per heavy atom. The van der Waals surface area contributed by atoms with Gasteiger partial charge in [0.05, 0.1) is 22.8 Å². The van der Waals surface area contributed by atoms with Gasteiger partial charge in [-0.2, -0.15) is 0 Å². The Bertz CT molecular complexity index is 910. The topological polar surface area (TPSA) is 72.8 Å². The summed E-state index contributed by atoms with van der Waals surface area (Å²) in [4.78, 5) is 23.3. The Morgan fingerprint density at radius 2 is 1.22 bits per heavy atom. The summed E-state index contributed by atoms with van der Waals surface area (Å²) in [6.45, 7) is 2.86. The van der Waals surface area contributed by atoms with Crippen LogP contribution in [-0.2, 0) is 0 Å². The number of carboxylic acid groups (broad SMARTS) is 1. The van der Waals surface area contributed by atoms with Gasteiger partial charge in [0.25, 0.3) is 0 Å². The molecule has 0 atom stereocenters. The lowest BCUT2D eigenvalue weighted by Crippen LogP contribution is -2.09. The highest BCUT2D eigenvalue weighted by atomic mass is 35.5. The third-order valence-corrected chi connectivity index (χ3v) is 6.53. The van der Waals surface area contributed by atoms with Crippen LogP contribution >= 0.6 is 11.6 Å². The first-order valence-electron chi connectivity index (χ1n) is 13.5.